The van der Waals surface area contributed by atoms with Gasteiger partial charge in [-0.3, -0.25) is 4.79 Å². The molecule has 0 amide bonds. The van der Waals surface area contributed by atoms with E-state index in [0.717, 1.165) is 4.57 Å². The molecule has 1 aliphatic heterocycles. The second-order valence-corrected chi connectivity index (χ2v) is 18.5. The summed E-state index contributed by atoms with van der Waals surface area (Å²) < 4.78 is 19.8. The van der Waals surface area contributed by atoms with Gasteiger partial charge in [-0.15, -0.1) is 0 Å². The maximum absolute atomic E-state index is 13.8. The standard InChI is InChI=1S/C21H39N2O7Si2/c1-13(2)31(27,14(3)4)30-32(15(5)6,16(7)8)28-12-17-11-18(24)20(29-17)23-19(25)9-10-22-21(23)26/h9-10,13-18,20,24H,11-12H2,1-8H3,(H,22,26)/q-1/t17-,18-,20+/m0/s1. The van der Waals surface area contributed by atoms with E-state index in [9.17, 15) is 19.5 Å². The molecule has 3 atom stereocenters. The Bertz CT molecular complexity index is 824. The Balaban J connectivity index is 2.25. The van der Waals surface area contributed by atoms with Crippen LogP contribution in [0.4, 0.5) is 0 Å². The monoisotopic (exact) mass is 487 g/mol. The van der Waals surface area contributed by atoms with Crippen LogP contribution in [0.3, 0.4) is 0 Å². The van der Waals surface area contributed by atoms with Crippen LogP contribution >= 0.6 is 0 Å². The number of ether oxygens (including phenoxy) is 1. The number of hydrogen-bond donors (Lipinski definition) is 2. The Morgan fingerprint density at radius 2 is 1.69 bits per heavy atom. The highest BCUT2D eigenvalue weighted by atomic mass is 28.5. The van der Waals surface area contributed by atoms with Gasteiger partial charge >= 0.3 is 14.3 Å². The van der Waals surface area contributed by atoms with Crippen molar-refractivity contribution in [3.63, 3.8) is 0 Å². The average molecular weight is 488 g/mol. The van der Waals surface area contributed by atoms with Gasteiger partial charge < -0.3 is 28.2 Å². The quantitative estimate of drug-likeness (QED) is 0.484. The number of hydrogen-bond acceptors (Lipinski definition) is 7. The molecule has 1 aliphatic rings. The zero-order valence-electron chi connectivity index (χ0n) is 20.5. The molecular weight excluding hydrogens is 448 g/mol. The maximum Gasteiger partial charge on any atom is 0.332 e. The SMILES string of the molecule is CC(C)[Si]([O-])(O[Si](OC[C@@H]1C[C@H](O)[C@H](n2c(=O)cc[nH]c2=O)O1)(C(C)C)C(C)C)C(C)C. The lowest BCUT2D eigenvalue weighted by atomic mass is 10.2. The molecule has 1 aromatic rings. The van der Waals surface area contributed by atoms with Crippen LogP contribution in [0.25, 0.3) is 0 Å². The lowest BCUT2D eigenvalue weighted by Gasteiger charge is -2.53. The summed E-state index contributed by atoms with van der Waals surface area (Å²) in [5.74, 6) is 0. The smallest absolute Gasteiger partial charge is 0.332 e. The normalized spacial score (nSPS) is 22.6. The summed E-state index contributed by atoms with van der Waals surface area (Å²) in [4.78, 5) is 40.5. The number of aliphatic hydroxyl groups excluding tert-OH is 1. The van der Waals surface area contributed by atoms with Crippen LogP contribution in [-0.2, 0) is 13.3 Å². The summed E-state index contributed by atoms with van der Waals surface area (Å²) in [5, 5.41) is 10.5. The number of nitrogens with one attached hydrogen (secondary N) is 1. The van der Waals surface area contributed by atoms with Gasteiger partial charge in [0.15, 0.2) is 6.23 Å². The van der Waals surface area contributed by atoms with Gasteiger partial charge in [0.1, 0.15) is 6.10 Å². The van der Waals surface area contributed by atoms with Crippen LogP contribution in [0.1, 0.15) is 68.0 Å². The van der Waals surface area contributed by atoms with Gasteiger partial charge in [-0.2, -0.15) is 0 Å². The second-order valence-electron chi connectivity index (χ2n) is 9.92. The first-order valence-electron chi connectivity index (χ1n) is 11.4. The minimum Gasteiger partial charge on any atom is -0.838 e. The van der Waals surface area contributed by atoms with E-state index in [2.05, 4.69) is 4.98 Å². The van der Waals surface area contributed by atoms with Crippen molar-refractivity contribution in [2.75, 3.05) is 6.61 Å². The molecule has 1 saturated heterocycles. The molecule has 0 saturated carbocycles. The van der Waals surface area contributed by atoms with Gasteiger partial charge in [0.2, 0.25) is 0 Å². The first-order valence-corrected chi connectivity index (χ1v) is 15.4. The van der Waals surface area contributed by atoms with Crippen LogP contribution in [0.5, 0.6) is 0 Å². The first-order chi connectivity index (χ1) is 14.8. The zero-order valence-corrected chi connectivity index (χ0v) is 22.5. The van der Waals surface area contributed by atoms with E-state index < -0.39 is 46.8 Å². The van der Waals surface area contributed by atoms with Crippen LogP contribution in [-0.4, -0.2) is 50.6 Å². The molecule has 0 aliphatic carbocycles. The van der Waals surface area contributed by atoms with Crippen LogP contribution in [0.15, 0.2) is 21.9 Å². The van der Waals surface area contributed by atoms with E-state index in [0.29, 0.717) is 0 Å². The fourth-order valence-corrected chi connectivity index (χ4v) is 14.2. The first kappa shape index (κ1) is 27.2. The largest absolute Gasteiger partial charge is 0.838 e. The molecule has 0 unspecified atom stereocenters. The molecule has 32 heavy (non-hydrogen) atoms. The van der Waals surface area contributed by atoms with Crippen LogP contribution < -0.4 is 16.0 Å². The third-order valence-corrected chi connectivity index (χ3v) is 15.9. The molecule has 184 valence electrons. The number of nitrogens with zero attached hydrogens (tertiary/aromatic N) is 1. The van der Waals surface area contributed by atoms with Crippen molar-refractivity contribution in [2.24, 2.45) is 0 Å². The van der Waals surface area contributed by atoms with E-state index in [-0.39, 0.29) is 35.2 Å². The van der Waals surface area contributed by atoms with Gasteiger partial charge in [-0.25, -0.2) is 9.36 Å². The van der Waals surface area contributed by atoms with Gasteiger partial charge in [-0.1, -0.05) is 55.4 Å². The van der Waals surface area contributed by atoms with Crippen LogP contribution in [0.2, 0.25) is 22.2 Å². The van der Waals surface area contributed by atoms with Crippen molar-refractivity contribution in [1.29, 1.82) is 0 Å². The molecule has 0 spiro atoms. The van der Waals surface area contributed by atoms with Gasteiger partial charge in [0, 0.05) is 18.7 Å². The Morgan fingerprint density at radius 1 is 1.12 bits per heavy atom. The third-order valence-electron chi connectivity index (χ3n) is 6.34. The number of rotatable bonds is 10. The van der Waals surface area contributed by atoms with E-state index in [4.69, 9.17) is 13.3 Å². The van der Waals surface area contributed by atoms with Gasteiger partial charge in [0.05, 0.1) is 21.3 Å². The second kappa shape index (κ2) is 10.5. The number of aromatic nitrogens is 2. The highest BCUT2D eigenvalue weighted by Gasteiger charge is 2.50. The van der Waals surface area contributed by atoms with E-state index in [1.165, 1.54) is 12.3 Å². The van der Waals surface area contributed by atoms with Crippen molar-refractivity contribution in [3.05, 3.63) is 33.1 Å². The molecule has 9 nitrogen and oxygen atoms in total. The number of H-pyrrole nitrogens is 1. The maximum atomic E-state index is 13.8. The summed E-state index contributed by atoms with van der Waals surface area (Å²) in [6, 6.07) is 1.21. The third kappa shape index (κ3) is 5.35. The lowest BCUT2D eigenvalue weighted by molar-refractivity contribution is -0.240. The van der Waals surface area contributed by atoms with Crippen molar-refractivity contribution in [2.45, 2.75) is 102 Å². The predicted molar refractivity (Wildman–Crippen MR) is 125 cm³/mol. The Kier molecular flexibility index (Phi) is 8.87. The highest BCUT2D eigenvalue weighted by Crippen LogP contribution is 2.41. The Hall–Kier alpha value is -1.09. The minimum atomic E-state index is -3.33. The molecule has 2 rings (SSSR count). The summed E-state index contributed by atoms with van der Waals surface area (Å²) in [5.41, 5.74) is -1.35. The number of aliphatic hydroxyl groups is 1. The molecule has 0 bridgehead atoms. The molecule has 2 N–H and O–H groups in total. The zero-order chi connectivity index (χ0) is 24.4. The summed E-state index contributed by atoms with van der Waals surface area (Å²) in [6.45, 7) is 15.9. The summed E-state index contributed by atoms with van der Waals surface area (Å²) in [7, 11) is -6.30. The van der Waals surface area contributed by atoms with Gasteiger partial charge in [-0.05, 0) is 22.2 Å². The molecule has 2 heterocycles. The molecule has 0 aromatic carbocycles. The average Bonchev–Trinajstić information content (AvgIpc) is 3.04. The Morgan fingerprint density at radius 3 is 2.16 bits per heavy atom. The molecule has 1 fully saturated rings. The van der Waals surface area contributed by atoms with Crippen molar-refractivity contribution in [1.82, 2.24) is 9.55 Å². The molecule has 0 radical (unpaired) electrons. The molecule has 11 heteroatoms. The fraction of sp³-hybridized carbons (Fsp3) is 0.810. The summed E-state index contributed by atoms with van der Waals surface area (Å²) >= 11 is 0. The Labute approximate surface area is 192 Å². The van der Waals surface area contributed by atoms with Crippen molar-refractivity contribution < 1.29 is 23.2 Å². The highest BCUT2D eigenvalue weighted by molar-refractivity contribution is 6.82. The van der Waals surface area contributed by atoms with Crippen LogP contribution in [0, 0.1) is 0 Å². The molecular formula is C21H39N2O7Si2-. The van der Waals surface area contributed by atoms with Gasteiger partial charge in [0.25, 0.3) is 5.56 Å². The van der Waals surface area contributed by atoms with E-state index >= 15 is 0 Å². The fourth-order valence-electron chi connectivity index (χ4n) is 4.38. The van der Waals surface area contributed by atoms with E-state index in [1.54, 1.807) is 0 Å². The predicted octanol–water partition coefficient (Wildman–Crippen LogP) is 2.10. The lowest BCUT2D eigenvalue weighted by Crippen LogP contribution is -2.66. The summed E-state index contributed by atoms with van der Waals surface area (Å²) in [6.07, 6.45) is -1.18. The van der Waals surface area contributed by atoms with E-state index in [1.807, 2.05) is 55.4 Å². The topological polar surface area (TPSA) is 126 Å². The number of aromatic amines is 1. The molecule has 1 aromatic heterocycles. The van der Waals surface area contributed by atoms with Crippen molar-refractivity contribution >= 4 is 17.1 Å². The minimum absolute atomic E-state index is 0.0301. The van der Waals surface area contributed by atoms with Crippen molar-refractivity contribution in [3.8, 4) is 0 Å².